The van der Waals surface area contributed by atoms with Gasteiger partial charge in [0.15, 0.2) is 11.7 Å². The van der Waals surface area contributed by atoms with Crippen molar-refractivity contribution in [1.29, 1.82) is 0 Å². The summed E-state index contributed by atoms with van der Waals surface area (Å²) in [6.45, 7) is 10.2. The second-order valence-corrected chi connectivity index (χ2v) is 18.8. The van der Waals surface area contributed by atoms with Crippen LogP contribution < -0.4 is 60.2 Å². The molecule has 3 aromatic rings. The summed E-state index contributed by atoms with van der Waals surface area (Å²) < 4.78 is 0. The molecule has 0 spiro atoms. The normalized spacial score (nSPS) is 14.7. The van der Waals surface area contributed by atoms with E-state index in [9.17, 15) is 43.2 Å². The van der Waals surface area contributed by atoms with Crippen LogP contribution in [0.2, 0.25) is 0 Å². The van der Waals surface area contributed by atoms with Crippen LogP contribution in [-0.4, -0.2) is 119 Å². The first kappa shape index (κ1) is 60.9. The van der Waals surface area contributed by atoms with Crippen LogP contribution in [0.3, 0.4) is 0 Å². The zero-order valence-corrected chi connectivity index (χ0v) is 43.6. The first-order chi connectivity index (χ1) is 35.2. The van der Waals surface area contributed by atoms with Gasteiger partial charge in [0.1, 0.15) is 36.3 Å². The maximum absolute atomic E-state index is 14.6. The summed E-state index contributed by atoms with van der Waals surface area (Å²) in [5, 5.41) is 20.0. The number of hydrogen-bond donors (Lipinski definition) is 12. The zero-order chi connectivity index (χ0) is 54.9. The lowest BCUT2D eigenvalue weighted by molar-refractivity contribution is -0.137. The van der Waals surface area contributed by atoms with Crippen molar-refractivity contribution in [2.45, 2.75) is 154 Å². The number of para-hydroxylation sites is 1. The highest BCUT2D eigenvalue weighted by Gasteiger charge is 2.36. The van der Waals surface area contributed by atoms with Crippen LogP contribution in [0.25, 0.3) is 10.9 Å². The molecule has 1 aromatic heterocycles. The summed E-state index contributed by atoms with van der Waals surface area (Å²) in [5.74, 6) is -7.04. The molecular formula is C52H79N13O9. The van der Waals surface area contributed by atoms with Gasteiger partial charge in [0.05, 0.1) is 6.04 Å². The minimum Gasteiger partial charge on any atom is -0.370 e. The molecule has 0 aliphatic carbocycles. The van der Waals surface area contributed by atoms with Crippen LogP contribution in [0, 0.1) is 11.8 Å². The van der Waals surface area contributed by atoms with Gasteiger partial charge in [-0.2, -0.15) is 0 Å². The average Bonchev–Trinajstić information content (AvgIpc) is 3.77. The molecule has 0 saturated carbocycles. The van der Waals surface area contributed by atoms with E-state index in [4.69, 9.17) is 22.9 Å². The standard InChI is InChI=1S/C52H79N13O9/c1-7-30(3)44(65-48(71)40(23-24-43(54)68)60-46(69)38(59-33(6)67)22-16-26-57-52(55)56)50(73)61-39(21-14-15-25-53)47(70)64-45(31(4)8-2)51(74)63-42(28-35-29-58-37-20-13-12-19-36(35)37)49(72)62-41(32(5)66)27-34-17-10-9-11-18-34/h9-13,17-20,29-31,38-42,44-45,58H,7-8,14-16,21-28,53H2,1-6H3,(H2,54,68)(H,59,67)(H,60,69)(H,61,73)(H,62,72)(H,63,74)(H,64,70)(H,65,71)(H4,55,56,57)/t30-,31?,38-,39-,40-,41-,42-,44?,45-/m1/s1. The smallest absolute Gasteiger partial charge is 0.243 e. The summed E-state index contributed by atoms with van der Waals surface area (Å²) in [4.78, 5) is 129. The van der Waals surface area contributed by atoms with Gasteiger partial charge in [0, 0.05) is 43.4 Å². The summed E-state index contributed by atoms with van der Waals surface area (Å²) in [7, 11) is 0. The number of carbonyl (C=O) groups excluding carboxylic acids is 9. The molecule has 2 unspecified atom stereocenters. The molecule has 9 atom stereocenters. The van der Waals surface area contributed by atoms with Crippen molar-refractivity contribution in [3.63, 3.8) is 0 Å². The van der Waals surface area contributed by atoms with Crippen molar-refractivity contribution < 1.29 is 43.2 Å². The molecule has 1 heterocycles. The minimum atomic E-state index is -1.39. The molecule has 74 heavy (non-hydrogen) atoms. The lowest BCUT2D eigenvalue weighted by Crippen LogP contribution is -2.61. The van der Waals surface area contributed by atoms with Gasteiger partial charge in [0.2, 0.25) is 47.3 Å². The molecule has 0 saturated heterocycles. The first-order valence-electron chi connectivity index (χ1n) is 25.4. The van der Waals surface area contributed by atoms with Crippen LogP contribution in [-0.2, 0) is 56.0 Å². The SMILES string of the molecule is CCC(C)[C@@H](NC(=O)[C@@H](CCCCN)NC(=O)C(NC(=O)[C@@H](CCC(N)=O)NC(=O)[C@@H](CCCN=C(N)N)NC(C)=O)[C@H](C)CC)C(=O)N[C@H](Cc1c[nH]c2ccccc12)C(=O)N[C@H](Cc1ccccc1)C(C)=O. The number of hydrogen-bond acceptors (Lipinski definition) is 11. The van der Waals surface area contributed by atoms with Gasteiger partial charge < -0.3 is 65.1 Å². The Morgan fingerprint density at radius 2 is 1.07 bits per heavy atom. The average molecular weight is 1030 g/mol. The number of carbonyl (C=O) groups is 9. The van der Waals surface area contributed by atoms with Crippen LogP contribution in [0.15, 0.2) is 65.8 Å². The second-order valence-electron chi connectivity index (χ2n) is 18.8. The van der Waals surface area contributed by atoms with Crippen molar-refractivity contribution in [2.75, 3.05) is 13.1 Å². The van der Waals surface area contributed by atoms with Gasteiger partial charge in [-0.3, -0.25) is 48.1 Å². The maximum Gasteiger partial charge on any atom is 0.243 e. The number of H-pyrrole nitrogens is 1. The van der Waals surface area contributed by atoms with Crippen LogP contribution >= 0.6 is 0 Å². The van der Waals surface area contributed by atoms with Gasteiger partial charge in [-0.05, 0) is 87.4 Å². The molecule has 0 radical (unpaired) electrons. The molecule has 0 aliphatic rings. The third-order valence-corrected chi connectivity index (χ3v) is 12.9. The van der Waals surface area contributed by atoms with Crippen molar-refractivity contribution in [3.05, 3.63) is 71.9 Å². The van der Waals surface area contributed by atoms with Crippen molar-refractivity contribution in [3.8, 4) is 0 Å². The van der Waals surface area contributed by atoms with E-state index in [1.54, 1.807) is 27.0 Å². The molecule has 406 valence electrons. The highest BCUT2D eigenvalue weighted by molar-refractivity contribution is 5.98. The van der Waals surface area contributed by atoms with Crippen molar-refractivity contribution >= 4 is 69.9 Å². The van der Waals surface area contributed by atoms with Crippen molar-refractivity contribution in [1.82, 2.24) is 42.2 Å². The summed E-state index contributed by atoms with van der Waals surface area (Å²) in [6.07, 6.45) is 3.60. The first-order valence-corrected chi connectivity index (χ1v) is 25.4. The highest BCUT2D eigenvalue weighted by atomic mass is 16.2. The fourth-order valence-corrected chi connectivity index (χ4v) is 8.19. The summed E-state index contributed by atoms with van der Waals surface area (Å²) in [5.41, 5.74) is 24.4. The largest absolute Gasteiger partial charge is 0.370 e. The van der Waals surface area contributed by atoms with E-state index in [0.717, 1.165) is 22.0 Å². The van der Waals surface area contributed by atoms with E-state index in [-0.39, 0.29) is 63.2 Å². The number of amides is 8. The number of aliphatic imine (C=N–C) groups is 1. The Balaban J connectivity index is 1.92. The lowest BCUT2D eigenvalue weighted by atomic mass is 9.95. The van der Waals surface area contributed by atoms with Crippen molar-refractivity contribution in [2.24, 2.45) is 39.8 Å². The number of fused-ring (bicyclic) bond motifs is 1. The number of primary amides is 1. The number of guanidine groups is 1. The number of nitrogens with zero attached hydrogens (tertiary/aromatic N) is 1. The third kappa shape index (κ3) is 20.3. The number of aromatic nitrogens is 1. The number of ketones is 1. The lowest BCUT2D eigenvalue weighted by Gasteiger charge is -2.31. The van der Waals surface area contributed by atoms with Gasteiger partial charge in [-0.1, -0.05) is 89.1 Å². The molecule has 0 aliphatic heterocycles. The Hall–Kier alpha value is -7.36. The Kier molecular flexibility index (Phi) is 25.8. The minimum absolute atomic E-state index is 0.0306. The van der Waals surface area contributed by atoms with E-state index in [1.165, 1.54) is 13.8 Å². The quantitative estimate of drug-likeness (QED) is 0.0226. The van der Waals surface area contributed by atoms with Crippen LogP contribution in [0.4, 0.5) is 0 Å². The number of aromatic amines is 1. The van der Waals surface area contributed by atoms with E-state index < -0.39 is 101 Å². The second kappa shape index (κ2) is 31.3. The number of Topliss-reactive ketones (excluding diaryl/α,β-unsaturated/α-hetero) is 1. The Morgan fingerprint density at radius 3 is 1.62 bits per heavy atom. The monoisotopic (exact) mass is 1030 g/mol. The molecule has 2 aromatic carbocycles. The van der Waals surface area contributed by atoms with E-state index >= 15 is 0 Å². The van der Waals surface area contributed by atoms with E-state index in [0.29, 0.717) is 32.2 Å². The highest BCUT2D eigenvalue weighted by Crippen LogP contribution is 2.20. The number of rotatable bonds is 33. The van der Waals surface area contributed by atoms with Crippen LogP contribution in [0.5, 0.6) is 0 Å². The van der Waals surface area contributed by atoms with E-state index in [2.05, 4.69) is 47.2 Å². The summed E-state index contributed by atoms with van der Waals surface area (Å²) in [6, 6.07) is 8.37. The Labute approximate surface area is 433 Å². The number of unbranched alkanes of at least 4 members (excludes halogenated alkanes) is 1. The predicted molar refractivity (Wildman–Crippen MR) is 282 cm³/mol. The number of nitrogens with two attached hydrogens (primary N) is 4. The van der Waals surface area contributed by atoms with Gasteiger partial charge in [-0.25, -0.2) is 0 Å². The summed E-state index contributed by atoms with van der Waals surface area (Å²) >= 11 is 0. The van der Waals surface area contributed by atoms with Gasteiger partial charge in [0.25, 0.3) is 0 Å². The van der Waals surface area contributed by atoms with E-state index in [1.807, 2.05) is 61.5 Å². The molecular weight excluding hydrogens is 951 g/mol. The molecule has 0 fully saturated rings. The number of nitrogens with one attached hydrogen (secondary N) is 8. The molecule has 3 rings (SSSR count). The Bertz CT molecular complexity index is 2390. The molecule has 16 N–H and O–H groups in total. The zero-order valence-electron chi connectivity index (χ0n) is 43.6. The van der Waals surface area contributed by atoms with Gasteiger partial charge in [-0.15, -0.1) is 0 Å². The third-order valence-electron chi connectivity index (χ3n) is 12.9. The molecule has 22 heteroatoms. The molecule has 22 nitrogen and oxygen atoms in total. The van der Waals surface area contributed by atoms with Crippen LogP contribution in [0.1, 0.15) is 110 Å². The topological polar surface area (TPSA) is 370 Å². The number of benzene rings is 2. The predicted octanol–water partition coefficient (Wildman–Crippen LogP) is 0.496. The fourth-order valence-electron chi connectivity index (χ4n) is 8.19. The van der Waals surface area contributed by atoms with Gasteiger partial charge >= 0.3 is 0 Å². The molecule has 0 bridgehead atoms. The molecule has 8 amide bonds. The fraction of sp³-hybridized carbons (Fsp3) is 0.538. The maximum atomic E-state index is 14.6. The Morgan fingerprint density at radius 1 is 0.568 bits per heavy atom.